The Kier molecular flexibility index (Phi) is 6.75. The summed E-state index contributed by atoms with van der Waals surface area (Å²) in [6.07, 6.45) is 1.96. The quantitative estimate of drug-likeness (QED) is 0.539. The molecule has 0 aliphatic rings. The summed E-state index contributed by atoms with van der Waals surface area (Å²) in [6.45, 7) is 0. The molecule has 0 fully saturated rings. The average molecular weight is 239 g/mol. The highest BCUT2D eigenvalue weighted by Crippen LogP contribution is 2.03. The van der Waals surface area contributed by atoms with Crippen LogP contribution in [0.25, 0.3) is 0 Å². The van der Waals surface area contributed by atoms with Gasteiger partial charge in [0.1, 0.15) is 0 Å². The van der Waals surface area contributed by atoms with Crippen LogP contribution in [0.3, 0.4) is 0 Å². The fourth-order valence-corrected chi connectivity index (χ4v) is 0.841. The molecule has 0 spiro atoms. The number of ether oxygens (including phenoxy) is 1. The van der Waals surface area contributed by atoms with Gasteiger partial charge in [0.2, 0.25) is 0 Å². The van der Waals surface area contributed by atoms with Crippen molar-refractivity contribution in [2.75, 3.05) is 7.11 Å². The van der Waals surface area contributed by atoms with Crippen molar-refractivity contribution in [3.8, 4) is 0 Å². The van der Waals surface area contributed by atoms with Crippen molar-refractivity contribution in [1.82, 2.24) is 0 Å². The van der Waals surface area contributed by atoms with E-state index in [1.807, 2.05) is 0 Å². The molecular formula is C7H11BrO4. The first-order valence-electron chi connectivity index (χ1n) is 3.59. The molecule has 0 aliphatic heterocycles. The minimum absolute atomic E-state index is 0.248. The number of hydrogen-bond donors (Lipinski definition) is 0. The Bertz CT molecular complexity index is 139. The summed E-state index contributed by atoms with van der Waals surface area (Å²) >= 11 is 2.57. The van der Waals surface area contributed by atoms with Crippen LogP contribution in [0.4, 0.5) is 0 Å². The van der Waals surface area contributed by atoms with Crippen LogP contribution in [0, 0.1) is 0 Å². The van der Waals surface area contributed by atoms with Gasteiger partial charge in [-0.25, -0.2) is 0 Å². The first-order chi connectivity index (χ1) is 5.70. The SMILES string of the molecule is COC(=O)CCCCC(=O)OBr. The van der Waals surface area contributed by atoms with E-state index in [0.717, 1.165) is 0 Å². The lowest BCUT2D eigenvalue weighted by molar-refractivity contribution is -0.141. The molecule has 0 bridgehead atoms. The number of methoxy groups -OCH3 is 1. The highest BCUT2D eigenvalue weighted by atomic mass is 79.9. The lowest BCUT2D eigenvalue weighted by Crippen LogP contribution is -2.01. The number of halogens is 1. The summed E-state index contributed by atoms with van der Waals surface area (Å²) in [5.74, 6) is -0.568. The fourth-order valence-electron chi connectivity index (χ4n) is 0.679. The van der Waals surface area contributed by atoms with Gasteiger partial charge in [0, 0.05) is 12.8 Å². The molecule has 0 aromatic heterocycles. The molecule has 0 aliphatic carbocycles. The zero-order valence-electron chi connectivity index (χ0n) is 6.84. The van der Waals surface area contributed by atoms with E-state index in [4.69, 9.17) is 0 Å². The third-order valence-corrected chi connectivity index (χ3v) is 1.69. The summed E-state index contributed by atoms with van der Waals surface area (Å²) in [7, 11) is 1.34. The second kappa shape index (κ2) is 7.09. The predicted octanol–water partition coefficient (Wildman–Crippen LogP) is 1.57. The Morgan fingerprint density at radius 2 is 1.67 bits per heavy atom. The standard InChI is InChI=1S/C7H11BrO4/c1-11-6(9)4-2-3-5-7(10)12-8/h2-5H2,1H3. The largest absolute Gasteiger partial charge is 0.469 e. The summed E-state index contributed by atoms with van der Waals surface area (Å²) in [6, 6.07) is 0. The number of esters is 1. The molecule has 0 amide bonds. The molecule has 0 aromatic rings. The molecule has 0 heterocycles. The van der Waals surface area contributed by atoms with E-state index >= 15 is 0 Å². The van der Waals surface area contributed by atoms with Crippen LogP contribution in [0.1, 0.15) is 25.7 Å². The highest BCUT2D eigenvalue weighted by Gasteiger charge is 2.03. The third kappa shape index (κ3) is 6.15. The molecule has 12 heavy (non-hydrogen) atoms. The summed E-state index contributed by atoms with van der Waals surface area (Å²) < 4.78 is 8.66. The monoisotopic (exact) mass is 238 g/mol. The molecular weight excluding hydrogens is 228 g/mol. The molecule has 0 saturated carbocycles. The molecule has 0 aromatic carbocycles. The highest BCUT2D eigenvalue weighted by molar-refractivity contribution is 9.06. The molecule has 70 valence electrons. The fraction of sp³-hybridized carbons (Fsp3) is 0.714. The van der Waals surface area contributed by atoms with Crippen molar-refractivity contribution in [2.45, 2.75) is 25.7 Å². The van der Waals surface area contributed by atoms with Gasteiger partial charge in [-0.15, -0.1) is 0 Å². The van der Waals surface area contributed by atoms with E-state index in [1.165, 1.54) is 7.11 Å². The van der Waals surface area contributed by atoms with E-state index in [9.17, 15) is 9.59 Å². The molecule has 0 unspecified atom stereocenters. The number of carbonyl (C=O) groups excluding carboxylic acids is 2. The molecule has 0 atom stereocenters. The van der Waals surface area contributed by atoms with Gasteiger partial charge in [-0.05, 0) is 12.8 Å². The minimum atomic E-state index is -0.320. The topological polar surface area (TPSA) is 52.6 Å². The minimum Gasteiger partial charge on any atom is -0.469 e. The second-order valence-corrected chi connectivity index (χ2v) is 2.56. The smallest absolute Gasteiger partial charge is 0.317 e. The Labute approximate surface area is 79.7 Å². The Balaban J connectivity index is 3.21. The van der Waals surface area contributed by atoms with Crippen LogP contribution >= 0.6 is 16.3 Å². The molecule has 5 heteroatoms. The Hall–Kier alpha value is -0.580. The van der Waals surface area contributed by atoms with E-state index in [1.54, 1.807) is 0 Å². The van der Waals surface area contributed by atoms with Gasteiger partial charge in [-0.1, -0.05) is 0 Å². The van der Waals surface area contributed by atoms with Gasteiger partial charge >= 0.3 is 11.9 Å². The van der Waals surface area contributed by atoms with Gasteiger partial charge in [0.15, 0.2) is 16.3 Å². The molecule has 0 rings (SSSR count). The molecule has 4 nitrogen and oxygen atoms in total. The first kappa shape index (κ1) is 11.4. The van der Waals surface area contributed by atoms with Crippen LogP contribution in [-0.4, -0.2) is 19.0 Å². The summed E-state index contributed by atoms with van der Waals surface area (Å²) in [4.78, 5) is 21.1. The van der Waals surface area contributed by atoms with Gasteiger partial charge < -0.3 is 8.57 Å². The van der Waals surface area contributed by atoms with E-state index < -0.39 is 0 Å². The second-order valence-electron chi connectivity index (χ2n) is 2.23. The number of carbonyl (C=O) groups is 2. The van der Waals surface area contributed by atoms with Crippen molar-refractivity contribution in [1.29, 1.82) is 0 Å². The van der Waals surface area contributed by atoms with Crippen LogP contribution in [0.2, 0.25) is 0 Å². The van der Waals surface area contributed by atoms with Gasteiger partial charge in [0.25, 0.3) is 0 Å². The van der Waals surface area contributed by atoms with Crippen LogP contribution in [-0.2, 0) is 18.2 Å². The van der Waals surface area contributed by atoms with Gasteiger partial charge in [-0.2, -0.15) is 0 Å². The first-order valence-corrected chi connectivity index (χ1v) is 4.23. The van der Waals surface area contributed by atoms with Crippen molar-refractivity contribution in [2.24, 2.45) is 0 Å². The predicted molar refractivity (Wildman–Crippen MR) is 45.5 cm³/mol. The summed E-state index contributed by atoms with van der Waals surface area (Å²) in [5.41, 5.74) is 0. The van der Waals surface area contributed by atoms with E-state index in [2.05, 4.69) is 24.8 Å². The normalized spacial score (nSPS) is 9.17. The maximum absolute atomic E-state index is 10.6. The van der Waals surface area contributed by atoms with Crippen LogP contribution in [0.5, 0.6) is 0 Å². The zero-order chi connectivity index (χ0) is 9.40. The van der Waals surface area contributed by atoms with Crippen molar-refractivity contribution in [3.05, 3.63) is 0 Å². The number of rotatable bonds is 5. The average Bonchev–Trinajstić information content (AvgIpc) is 2.11. The van der Waals surface area contributed by atoms with Gasteiger partial charge in [0.05, 0.1) is 7.11 Å². The summed E-state index contributed by atoms with van der Waals surface area (Å²) in [5, 5.41) is 0. The Morgan fingerprint density at radius 3 is 2.08 bits per heavy atom. The van der Waals surface area contributed by atoms with Gasteiger partial charge in [-0.3, -0.25) is 9.59 Å². The van der Waals surface area contributed by atoms with Crippen molar-refractivity contribution >= 4 is 28.2 Å². The maximum Gasteiger partial charge on any atom is 0.317 e. The van der Waals surface area contributed by atoms with Crippen molar-refractivity contribution < 1.29 is 18.2 Å². The number of unbranched alkanes of at least 4 members (excludes halogenated alkanes) is 1. The third-order valence-electron chi connectivity index (χ3n) is 1.33. The molecule has 0 saturated heterocycles. The lowest BCUT2D eigenvalue weighted by atomic mass is 10.2. The van der Waals surface area contributed by atoms with E-state index in [-0.39, 0.29) is 11.9 Å². The molecule has 0 N–H and O–H groups in total. The maximum atomic E-state index is 10.6. The van der Waals surface area contributed by atoms with Crippen LogP contribution < -0.4 is 0 Å². The number of hydrogen-bond acceptors (Lipinski definition) is 4. The van der Waals surface area contributed by atoms with E-state index in [0.29, 0.717) is 25.7 Å². The Morgan fingerprint density at radius 1 is 1.17 bits per heavy atom. The van der Waals surface area contributed by atoms with Crippen LogP contribution in [0.15, 0.2) is 0 Å². The zero-order valence-corrected chi connectivity index (χ0v) is 8.43. The lowest BCUT2D eigenvalue weighted by Gasteiger charge is -1.97. The molecule has 0 radical (unpaired) electrons. The van der Waals surface area contributed by atoms with Crippen molar-refractivity contribution in [3.63, 3.8) is 0 Å².